The molecule has 0 aromatic heterocycles. The second kappa shape index (κ2) is 17.8. The number of rotatable bonds is 12. The number of hydrogen-bond donors (Lipinski definition) is 0. The third-order valence-corrected chi connectivity index (χ3v) is 15.3. The van der Waals surface area contributed by atoms with E-state index in [2.05, 4.69) is 194 Å². The summed E-state index contributed by atoms with van der Waals surface area (Å²) in [5.74, 6) is 0.525. The number of allylic oxidation sites excluding steroid dienone is 21. The van der Waals surface area contributed by atoms with Gasteiger partial charge in [0.15, 0.2) is 8.32 Å². The molecule has 264 valence electrons. The molecule has 0 aromatic rings. The van der Waals surface area contributed by atoms with Gasteiger partial charge in [-0.05, 0) is 107 Å². The van der Waals surface area contributed by atoms with Crippen LogP contribution in [0.1, 0.15) is 116 Å². The molecule has 0 bridgehead atoms. The fourth-order valence-corrected chi connectivity index (χ4v) is 7.73. The van der Waals surface area contributed by atoms with Crippen molar-refractivity contribution in [2.75, 3.05) is 0 Å². The van der Waals surface area contributed by atoms with Crippen LogP contribution in [0.5, 0.6) is 0 Å². The molecular weight excluding hydrogens is 597 g/mol. The van der Waals surface area contributed by atoms with Crippen LogP contribution in [0.15, 0.2) is 130 Å². The molecule has 0 N–H and O–H groups in total. The molecule has 2 rings (SSSR count). The van der Waals surface area contributed by atoms with E-state index >= 15 is 0 Å². The van der Waals surface area contributed by atoms with Crippen molar-refractivity contribution in [2.45, 2.75) is 140 Å². The minimum absolute atomic E-state index is 0.161. The van der Waals surface area contributed by atoms with Gasteiger partial charge in [0.25, 0.3) is 0 Å². The highest BCUT2D eigenvalue weighted by Gasteiger charge is 2.41. The molecule has 48 heavy (non-hydrogen) atoms. The van der Waals surface area contributed by atoms with Gasteiger partial charge in [0.1, 0.15) is 0 Å². The first-order valence-corrected chi connectivity index (χ1v) is 21.2. The van der Waals surface area contributed by atoms with Gasteiger partial charge in [-0.25, -0.2) is 0 Å². The first-order valence-electron chi connectivity index (χ1n) is 18.3. The molecule has 1 nitrogen and oxygen atoms in total. The van der Waals surface area contributed by atoms with Crippen molar-refractivity contribution in [2.24, 2.45) is 16.7 Å². The molecule has 0 radical (unpaired) electrons. The van der Waals surface area contributed by atoms with E-state index in [-0.39, 0.29) is 16.6 Å². The summed E-state index contributed by atoms with van der Waals surface area (Å²) in [4.78, 5) is 0. The van der Waals surface area contributed by atoms with Crippen LogP contribution < -0.4 is 0 Å². The molecule has 0 aliphatic heterocycles. The molecule has 2 heteroatoms. The topological polar surface area (TPSA) is 9.23 Å². The zero-order valence-electron chi connectivity index (χ0n) is 33.6. The fourth-order valence-electron chi connectivity index (χ4n) is 6.37. The second-order valence-corrected chi connectivity index (χ2v) is 22.0. The minimum atomic E-state index is -1.82. The summed E-state index contributed by atoms with van der Waals surface area (Å²) in [7, 11) is -1.82. The van der Waals surface area contributed by atoms with E-state index in [1.54, 1.807) is 0 Å². The summed E-state index contributed by atoms with van der Waals surface area (Å²) < 4.78 is 6.89. The second-order valence-electron chi connectivity index (χ2n) is 17.3. The molecule has 0 spiro atoms. The standard InChI is InChI=1S/C46H70OSi/c1-35(23-18-25-37(3)28-30-41-39(5)27-20-33-45(41,10)11)21-16-17-22-36(2)24-19-26-38(4)29-31-42-40(6)43(32-34-46(42,12)13)47-48(14,15)44(7,8)9/h16-19,21-31,41,43H,20,32-34H2,1-15H3/b17-16+,23-18+,24-19+,30-28+,31-29+,35-21+,36-22+,37-25+,38-26+/t41?,43-/m1/s1. The van der Waals surface area contributed by atoms with Crippen LogP contribution in [-0.4, -0.2) is 14.4 Å². The molecule has 0 saturated heterocycles. The third kappa shape index (κ3) is 13.0. The Hall–Kier alpha value is -2.68. The third-order valence-electron chi connectivity index (χ3n) is 10.8. The summed E-state index contributed by atoms with van der Waals surface area (Å²) in [6.07, 6.45) is 38.2. The highest BCUT2D eigenvalue weighted by Crippen LogP contribution is 2.45. The predicted molar refractivity (Wildman–Crippen MR) is 219 cm³/mol. The van der Waals surface area contributed by atoms with Gasteiger partial charge in [0.2, 0.25) is 0 Å². The quantitative estimate of drug-likeness (QED) is 0.114. The Morgan fingerprint density at radius 1 is 0.750 bits per heavy atom. The van der Waals surface area contributed by atoms with Crippen LogP contribution in [0.3, 0.4) is 0 Å². The van der Waals surface area contributed by atoms with Gasteiger partial charge in [0, 0.05) is 5.92 Å². The highest BCUT2D eigenvalue weighted by atomic mass is 28.4. The first-order chi connectivity index (χ1) is 22.2. The Morgan fingerprint density at radius 2 is 1.25 bits per heavy atom. The van der Waals surface area contributed by atoms with Crippen molar-refractivity contribution < 1.29 is 4.43 Å². The van der Waals surface area contributed by atoms with E-state index in [0.29, 0.717) is 11.3 Å². The molecule has 1 unspecified atom stereocenters. The normalized spacial score (nSPS) is 23.9. The first kappa shape index (κ1) is 41.5. The van der Waals surface area contributed by atoms with Crippen LogP contribution in [0.25, 0.3) is 0 Å². The maximum absolute atomic E-state index is 6.89. The molecule has 0 saturated carbocycles. The molecule has 2 aliphatic rings. The smallest absolute Gasteiger partial charge is 0.192 e. The van der Waals surface area contributed by atoms with Crippen LogP contribution in [-0.2, 0) is 4.43 Å². The lowest BCUT2D eigenvalue weighted by molar-refractivity contribution is 0.168. The highest BCUT2D eigenvalue weighted by molar-refractivity contribution is 6.74. The zero-order chi connectivity index (χ0) is 36.3. The van der Waals surface area contributed by atoms with E-state index in [9.17, 15) is 0 Å². The van der Waals surface area contributed by atoms with Gasteiger partial charge in [-0.1, -0.05) is 167 Å². The van der Waals surface area contributed by atoms with Crippen molar-refractivity contribution in [3.63, 3.8) is 0 Å². The summed E-state index contributed by atoms with van der Waals surface area (Å²) >= 11 is 0. The van der Waals surface area contributed by atoms with Crippen molar-refractivity contribution >= 4 is 8.32 Å². The van der Waals surface area contributed by atoms with Gasteiger partial charge >= 0.3 is 0 Å². The van der Waals surface area contributed by atoms with Crippen molar-refractivity contribution in [1.29, 1.82) is 0 Å². The van der Waals surface area contributed by atoms with Gasteiger partial charge < -0.3 is 4.43 Å². The Labute approximate surface area is 298 Å². The van der Waals surface area contributed by atoms with E-state index < -0.39 is 8.32 Å². The van der Waals surface area contributed by atoms with Crippen LogP contribution in [0, 0.1) is 16.7 Å². The summed E-state index contributed by atoms with van der Waals surface area (Å²) in [5, 5.41) is 0.218. The maximum Gasteiger partial charge on any atom is 0.192 e. The Kier molecular flexibility index (Phi) is 15.4. The molecule has 0 amide bonds. The minimum Gasteiger partial charge on any atom is -0.410 e. The predicted octanol–water partition coefficient (Wildman–Crippen LogP) is 14.5. The zero-order valence-corrected chi connectivity index (χ0v) is 34.6. The average Bonchev–Trinajstić information content (AvgIpc) is 2.95. The van der Waals surface area contributed by atoms with E-state index in [0.717, 1.165) is 12.8 Å². The molecular formula is C46H70OSi. The average molecular weight is 667 g/mol. The van der Waals surface area contributed by atoms with E-state index in [1.165, 1.54) is 51.9 Å². The lowest BCUT2D eigenvalue weighted by Gasteiger charge is -2.44. The summed E-state index contributed by atoms with van der Waals surface area (Å²) in [5.41, 5.74) is 9.81. The molecule has 0 fully saturated rings. The van der Waals surface area contributed by atoms with Gasteiger partial charge in [-0.2, -0.15) is 0 Å². The Balaban J connectivity index is 1.98. The van der Waals surface area contributed by atoms with E-state index in [4.69, 9.17) is 4.43 Å². The lowest BCUT2D eigenvalue weighted by atomic mass is 9.68. The summed E-state index contributed by atoms with van der Waals surface area (Å²) in [6.45, 7) is 34.5. The van der Waals surface area contributed by atoms with Gasteiger partial charge in [-0.15, -0.1) is 0 Å². The summed E-state index contributed by atoms with van der Waals surface area (Å²) in [6, 6.07) is 0. The maximum atomic E-state index is 6.89. The monoisotopic (exact) mass is 667 g/mol. The number of hydrogen-bond acceptors (Lipinski definition) is 1. The van der Waals surface area contributed by atoms with Gasteiger partial charge in [-0.3, -0.25) is 0 Å². The molecule has 0 heterocycles. The van der Waals surface area contributed by atoms with Crippen molar-refractivity contribution in [1.82, 2.24) is 0 Å². The Bertz CT molecular complexity index is 1440. The van der Waals surface area contributed by atoms with Crippen molar-refractivity contribution in [3.8, 4) is 0 Å². The lowest BCUT2D eigenvalue weighted by Crippen LogP contribution is -2.45. The van der Waals surface area contributed by atoms with E-state index in [1.807, 2.05) is 0 Å². The largest absolute Gasteiger partial charge is 0.410 e. The SMILES string of the molecule is CC1=CCCC(C)(C)C1/C=C/C(C)=C/C=C/C(C)=C/C=C/C=C(C)/C=C/C=C(C)/C=C/C1=C(C)[C@H](O[Si](C)(C)C(C)(C)C)CCC1(C)C. The van der Waals surface area contributed by atoms with Crippen LogP contribution >= 0.6 is 0 Å². The van der Waals surface area contributed by atoms with Crippen molar-refractivity contribution in [3.05, 3.63) is 130 Å². The molecule has 2 aliphatic carbocycles. The fraction of sp³-hybridized carbons (Fsp3) is 0.522. The Morgan fingerprint density at radius 3 is 1.77 bits per heavy atom. The molecule has 0 aromatic carbocycles. The van der Waals surface area contributed by atoms with Crippen LogP contribution in [0.2, 0.25) is 18.1 Å². The molecule has 2 atom stereocenters. The van der Waals surface area contributed by atoms with Gasteiger partial charge in [0.05, 0.1) is 6.10 Å². The van der Waals surface area contributed by atoms with Crippen LogP contribution in [0.4, 0.5) is 0 Å².